The van der Waals surface area contributed by atoms with Crippen molar-refractivity contribution in [3.05, 3.63) is 0 Å². The van der Waals surface area contributed by atoms with Crippen molar-refractivity contribution in [3.63, 3.8) is 0 Å². The molecule has 0 radical (unpaired) electrons. The molecule has 0 rings (SSSR count). The van der Waals surface area contributed by atoms with Crippen molar-refractivity contribution >= 4 is 11.9 Å². The fourth-order valence-electron chi connectivity index (χ4n) is 1.20. The largest absolute Gasteiger partial charge is 0.464 e. The van der Waals surface area contributed by atoms with Gasteiger partial charge in [0.05, 0.1) is 6.61 Å². The van der Waals surface area contributed by atoms with Crippen molar-refractivity contribution in [2.24, 2.45) is 11.8 Å². The smallest absolute Gasteiger partial charge is 0.463 e. The Morgan fingerprint density at radius 3 is 1.86 bits per heavy atom. The van der Waals surface area contributed by atoms with Gasteiger partial charge in [-0.2, -0.15) is 22.0 Å². The molecule has 0 aromatic carbocycles. The molecule has 0 bridgehead atoms. The van der Waals surface area contributed by atoms with Gasteiger partial charge in [-0.1, -0.05) is 27.7 Å². The highest BCUT2D eigenvalue weighted by Crippen LogP contribution is 2.35. The van der Waals surface area contributed by atoms with Crippen LogP contribution in [0.4, 0.5) is 22.0 Å². The van der Waals surface area contributed by atoms with E-state index in [4.69, 9.17) is 4.74 Å². The van der Waals surface area contributed by atoms with Gasteiger partial charge < -0.3 is 10.1 Å². The number of alkyl halides is 5. The molecule has 21 heavy (non-hydrogen) atoms. The molecule has 0 spiro atoms. The molecule has 0 aliphatic heterocycles. The summed E-state index contributed by atoms with van der Waals surface area (Å²) in [7, 11) is 0. The van der Waals surface area contributed by atoms with Crippen LogP contribution in [-0.4, -0.2) is 36.6 Å². The maximum absolute atomic E-state index is 12.8. The molecule has 1 unspecified atom stereocenters. The number of rotatable bonds is 6. The fourth-order valence-corrected chi connectivity index (χ4v) is 1.20. The lowest BCUT2D eigenvalue weighted by atomic mass is 10.0. The first-order valence-electron chi connectivity index (χ1n) is 6.22. The summed E-state index contributed by atoms with van der Waals surface area (Å²) < 4.78 is 66.6. The summed E-state index contributed by atoms with van der Waals surface area (Å²) >= 11 is 0. The van der Waals surface area contributed by atoms with Gasteiger partial charge in [0, 0.05) is 0 Å². The van der Waals surface area contributed by atoms with E-state index in [0.717, 1.165) is 0 Å². The van der Waals surface area contributed by atoms with Crippen molar-refractivity contribution in [1.82, 2.24) is 5.32 Å². The van der Waals surface area contributed by atoms with E-state index in [2.05, 4.69) is 0 Å². The first-order chi connectivity index (χ1) is 9.30. The van der Waals surface area contributed by atoms with E-state index in [1.807, 2.05) is 0 Å². The molecule has 0 saturated heterocycles. The average Bonchev–Trinajstić information content (AvgIpc) is 2.30. The summed E-state index contributed by atoms with van der Waals surface area (Å²) in [6.07, 6.45) is -6.03. The van der Waals surface area contributed by atoms with Gasteiger partial charge in [0.15, 0.2) is 0 Å². The van der Waals surface area contributed by atoms with Crippen LogP contribution in [0.5, 0.6) is 0 Å². The van der Waals surface area contributed by atoms with E-state index < -0.39 is 35.9 Å². The molecule has 0 heterocycles. The Morgan fingerprint density at radius 2 is 1.52 bits per heavy atom. The van der Waals surface area contributed by atoms with Crippen LogP contribution in [-0.2, 0) is 14.3 Å². The minimum atomic E-state index is -6.03. The lowest BCUT2D eigenvalue weighted by Gasteiger charge is -2.25. The minimum Gasteiger partial charge on any atom is -0.464 e. The van der Waals surface area contributed by atoms with Crippen molar-refractivity contribution in [2.75, 3.05) is 6.61 Å². The van der Waals surface area contributed by atoms with E-state index >= 15 is 0 Å². The third-order valence-corrected chi connectivity index (χ3v) is 2.41. The number of amides is 1. The summed E-state index contributed by atoms with van der Waals surface area (Å²) in [4.78, 5) is 22.7. The van der Waals surface area contributed by atoms with Crippen LogP contribution in [0, 0.1) is 11.8 Å². The second-order valence-corrected chi connectivity index (χ2v) is 5.29. The third kappa shape index (κ3) is 5.47. The number of hydrogen-bond acceptors (Lipinski definition) is 3. The van der Waals surface area contributed by atoms with Crippen LogP contribution in [0.3, 0.4) is 0 Å². The number of carbonyl (C=O) groups excluding carboxylic acids is 2. The first kappa shape index (κ1) is 19.6. The van der Waals surface area contributed by atoms with Crippen molar-refractivity contribution in [3.8, 4) is 0 Å². The van der Waals surface area contributed by atoms with Crippen molar-refractivity contribution in [2.45, 2.75) is 45.8 Å². The highest BCUT2D eigenvalue weighted by Gasteiger charge is 2.63. The normalized spacial score (nSPS) is 14.2. The van der Waals surface area contributed by atoms with Crippen LogP contribution in [0.15, 0.2) is 0 Å². The summed E-state index contributed by atoms with van der Waals surface area (Å²) in [6, 6.07) is -1.58. The predicted octanol–water partition coefficient (Wildman–Crippen LogP) is 2.52. The number of ether oxygens (including phenoxy) is 1. The summed E-state index contributed by atoms with van der Waals surface area (Å²) in [5.41, 5.74) is 0. The Bertz CT molecular complexity index is 380. The molecular weight excluding hydrogens is 301 g/mol. The monoisotopic (exact) mass is 319 g/mol. The SMILES string of the molecule is CC(C)COC(=O)C(NC(=O)C(F)(F)C(F)(F)F)C(C)C. The highest BCUT2D eigenvalue weighted by atomic mass is 19.4. The second kappa shape index (κ2) is 7.04. The highest BCUT2D eigenvalue weighted by molar-refractivity contribution is 5.89. The van der Waals surface area contributed by atoms with Gasteiger partial charge in [0.1, 0.15) is 6.04 Å². The molecular formula is C12H18F5NO3. The van der Waals surface area contributed by atoms with Gasteiger partial charge in [0.25, 0.3) is 0 Å². The van der Waals surface area contributed by atoms with Gasteiger partial charge in [-0.3, -0.25) is 4.79 Å². The predicted molar refractivity (Wildman–Crippen MR) is 63.6 cm³/mol. The molecule has 4 nitrogen and oxygen atoms in total. The van der Waals surface area contributed by atoms with E-state index in [-0.39, 0.29) is 12.5 Å². The van der Waals surface area contributed by atoms with Crippen LogP contribution in [0.25, 0.3) is 0 Å². The van der Waals surface area contributed by atoms with Crippen molar-refractivity contribution in [1.29, 1.82) is 0 Å². The van der Waals surface area contributed by atoms with E-state index in [0.29, 0.717) is 0 Å². The van der Waals surface area contributed by atoms with Crippen LogP contribution >= 0.6 is 0 Å². The molecule has 0 saturated carbocycles. The number of halogens is 5. The van der Waals surface area contributed by atoms with E-state index in [1.165, 1.54) is 19.2 Å². The third-order valence-electron chi connectivity index (χ3n) is 2.41. The molecule has 0 fully saturated rings. The number of nitrogens with one attached hydrogen (secondary N) is 1. The maximum atomic E-state index is 12.8. The zero-order chi connectivity index (χ0) is 17.0. The van der Waals surface area contributed by atoms with Gasteiger partial charge in [-0.25, -0.2) is 4.79 Å². The molecule has 9 heteroatoms. The summed E-state index contributed by atoms with van der Waals surface area (Å²) in [5.74, 6) is -9.95. The van der Waals surface area contributed by atoms with Gasteiger partial charge >= 0.3 is 24.0 Å². The fraction of sp³-hybridized carbons (Fsp3) is 0.833. The molecule has 0 aromatic heterocycles. The topological polar surface area (TPSA) is 55.4 Å². The molecule has 0 aromatic rings. The molecule has 0 aliphatic rings. The average molecular weight is 319 g/mol. The standard InChI is InChI=1S/C12H18F5NO3/c1-6(2)5-21-9(19)8(7(3)4)18-10(20)11(13,14)12(15,16)17/h6-8H,5H2,1-4H3,(H,18,20). The molecule has 1 N–H and O–H groups in total. The van der Waals surface area contributed by atoms with Gasteiger partial charge in [-0.05, 0) is 11.8 Å². The minimum absolute atomic E-state index is 0.0341. The molecule has 1 atom stereocenters. The Balaban J connectivity index is 4.95. The maximum Gasteiger partial charge on any atom is 0.463 e. The summed E-state index contributed by atoms with van der Waals surface area (Å²) in [5, 5.41) is 1.40. The van der Waals surface area contributed by atoms with Crippen LogP contribution in [0.1, 0.15) is 27.7 Å². The number of carbonyl (C=O) groups is 2. The Kier molecular flexibility index (Phi) is 6.56. The quantitative estimate of drug-likeness (QED) is 0.604. The number of esters is 1. The van der Waals surface area contributed by atoms with Gasteiger partial charge in [0.2, 0.25) is 0 Å². The summed E-state index contributed by atoms with van der Waals surface area (Å²) in [6.45, 7) is 6.16. The second-order valence-electron chi connectivity index (χ2n) is 5.29. The lowest BCUT2D eigenvalue weighted by Crippen LogP contribution is -2.56. The van der Waals surface area contributed by atoms with Crippen molar-refractivity contribution < 1.29 is 36.3 Å². The first-order valence-corrected chi connectivity index (χ1v) is 6.22. The van der Waals surface area contributed by atoms with E-state index in [1.54, 1.807) is 13.8 Å². The van der Waals surface area contributed by atoms with Gasteiger partial charge in [-0.15, -0.1) is 0 Å². The zero-order valence-corrected chi connectivity index (χ0v) is 12.1. The Labute approximate surface area is 119 Å². The zero-order valence-electron chi connectivity index (χ0n) is 12.1. The molecule has 0 aliphatic carbocycles. The lowest BCUT2D eigenvalue weighted by molar-refractivity contribution is -0.270. The molecule has 1 amide bonds. The van der Waals surface area contributed by atoms with Crippen LogP contribution < -0.4 is 5.32 Å². The molecule has 124 valence electrons. The Hall–Kier alpha value is -1.41. The Morgan fingerprint density at radius 1 is 1.05 bits per heavy atom. The van der Waals surface area contributed by atoms with E-state index in [9.17, 15) is 31.5 Å². The van der Waals surface area contributed by atoms with Crippen LogP contribution in [0.2, 0.25) is 0 Å². The number of hydrogen-bond donors (Lipinski definition) is 1.